The molecule has 0 spiro atoms. The molecule has 1 heterocycles. The molecule has 0 bridgehead atoms. The standard InChI is InChI=1S/C13H16F2N2O2/c1-8-3-10(15)11(4-9(8)14)17-12(18)5-19-13(2)6-16-7-13/h3-4,16H,5-7H2,1-2H3,(H,17,18). The summed E-state index contributed by atoms with van der Waals surface area (Å²) in [5.74, 6) is -1.73. The maximum absolute atomic E-state index is 13.5. The van der Waals surface area contributed by atoms with Crippen molar-refractivity contribution in [1.29, 1.82) is 0 Å². The van der Waals surface area contributed by atoms with E-state index in [9.17, 15) is 13.6 Å². The zero-order valence-electron chi connectivity index (χ0n) is 10.8. The van der Waals surface area contributed by atoms with Gasteiger partial charge in [0.2, 0.25) is 5.91 Å². The highest BCUT2D eigenvalue weighted by molar-refractivity contribution is 5.91. The average molecular weight is 270 g/mol. The second-order valence-electron chi connectivity index (χ2n) is 4.97. The molecule has 1 amide bonds. The normalized spacial score (nSPS) is 16.8. The lowest BCUT2D eigenvalue weighted by molar-refractivity contribution is -0.130. The van der Waals surface area contributed by atoms with E-state index in [2.05, 4.69) is 10.6 Å². The van der Waals surface area contributed by atoms with Crippen molar-refractivity contribution in [3.05, 3.63) is 29.3 Å². The number of carbonyl (C=O) groups is 1. The van der Waals surface area contributed by atoms with E-state index in [1.54, 1.807) is 0 Å². The topological polar surface area (TPSA) is 50.4 Å². The fourth-order valence-corrected chi connectivity index (χ4v) is 1.75. The average Bonchev–Trinajstić information content (AvgIpc) is 2.31. The van der Waals surface area contributed by atoms with E-state index < -0.39 is 17.5 Å². The first-order valence-electron chi connectivity index (χ1n) is 6.00. The Bertz CT molecular complexity index is 502. The van der Waals surface area contributed by atoms with Crippen LogP contribution in [0, 0.1) is 18.6 Å². The SMILES string of the molecule is Cc1cc(F)c(NC(=O)COC2(C)CNC2)cc1F. The monoisotopic (exact) mass is 270 g/mol. The van der Waals surface area contributed by atoms with E-state index >= 15 is 0 Å². The van der Waals surface area contributed by atoms with Crippen LogP contribution in [0.3, 0.4) is 0 Å². The molecule has 2 N–H and O–H groups in total. The third-order valence-corrected chi connectivity index (χ3v) is 3.07. The molecular formula is C13H16F2N2O2. The molecule has 0 radical (unpaired) electrons. The van der Waals surface area contributed by atoms with E-state index in [1.807, 2.05) is 6.92 Å². The Morgan fingerprint density at radius 3 is 2.68 bits per heavy atom. The number of hydrogen-bond donors (Lipinski definition) is 2. The van der Waals surface area contributed by atoms with Gasteiger partial charge >= 0.3 is 0 Å². The largest absolute Gasteiger partial charge is 0.363 e. The number of amides is 1. The molecule has 0 unspecified atom stereocenters. The smallest absolute Gasteiger partial charge is 0.250 e. The van der Waals surface area contributed by atoms with Gasteiger partial charge in [-0.1, -0.05) is 0 Å². The van der Waals surface area contributed by atoms with Gasteiger partial charge in [0.25, 0.3) is 0 Å². The van der Waals surface area contributed by atoms with Crippen LogP contribution in [0.25, 0.3) is 0 Å². The molecule has 0 aliphatic carbocycles. The number of anilines is 1. The van der Waals surface area contributed by atoms with Gasteiger partial charge in [-0.3, -0.25) is 4.79 Å². The van der Waals surface area contributed by atoms with Gasteiger partial charge in [0, 0.05) is 19.2 Å². The molecule has 0 saturated carbocycles. The molecule has 6 heteroatoms. The van der Waals surface area contributed by atoms with E-state index in [-0.39, 0.29) is 23.5 Å². The van der Waals surface area contributed by atoms with Crippen LogP contribution in [-0.4, -0.2) is 31.2 Å². The molecule has 19 heavy (non-hydrogen) atoms. The summed E-state index contributed by atoms with van der Waals surface area (Å²) < 4.78 is 32.2. The van der Waals surface area contributed by atoms with Crippen LogP contribution >= 0.6 is 0 Å². The molecule has 4 nitrogen and oxygen atoms in total. The van der Waals surface area contributed by atoms with Crippen molar-refractivity contribution in [3.8, 4) is 0 Å². The van der Waals surface area contributed by atoms with Crippen LogP contribution in [0.1, 0.15) is 12.5 Å². The summed E-state index contributed by atoms with van der Waals surface area (Å²) in [7, 11) is 0. The Morgan fingerprint density at radius 1 is 1.42 bits per heavy atom. The fraction of sp³-hybridized carbons (Fsp3) is 0.462. The lowest BCUT2D eigenvalue weighted by Crippen LogP contribution is -2.59. The maximum atomic E-state index is 13.5. The first kappa shape index (κ1) is 13.9. The van der Waals surface area contributed by atoms with Crippen molar-refractivity contribution in [2.75, 3.05) is 25.0 Å². The lowest BCUT2D eigenvalue weighted by Gasteiger charge is -2.38. The number of benzene rings is 1. The summed E-state index contributed by atoms with van der Waals surface area (Å²) in [6.45, 7) is 4.50. The first-order valence-corrected chi connectivity index (χ1v) is 6.00. The number of ether oxygens (including phenoxy) is 1. The van der Waals surface area contributed by atoms with Gasteiger partial charge < -0.3 is 15.4 Å². The number of carbonyl (C=O) groups excluding carboxylic acids is 1. The van der Waals surface area contributed by atoms with Crippen molar-refractivity contribution < 1.29 is 18.3 Å². The first-order chi connectivity index (χ1) is 8.89. The highest BCUT2D eigenvalue weighted by Crippen LogP contribution is 2.19. The molecule has 1 aliphatic heterocycles. The van der Waals surface area contributed by atoms with Crippen molar-refractivity contribution in [2.45, 2.75) is 19.4 Å². The fourth-order valence-electron chi connectivity index (χ4n) is 1.75. The predicted molar refractivity (Wildman–Crippen MR) is 67.0 cm³/mol. The molecule has 1 saturated heterocycles. The molecular weight excluding hydrogens is 254 g/mol. The minimum Gasteiger partial charge on any atom is -0.363 e. The Balaban J connectivity index is 1.93. The van der Waals surface area contributed by atoms with Gasteiger partial charge in [-0.25, -0.2) is 8.78 Å². The van der Waals surface area contributed by atoms with Gasteiger partial charge in [-0.05, 0) is 25.5 Å². The van der Waals surface area contributed by atoms with Gasteiger partial charge in [-0.2, -0.15) is 0 Å². The van der Waals surface area contributed by atoms with Crippen LogP contribution in [0.15, 0.2) is 12.1 Å². The molecule has 0 aromatic heterocycles. The van der Waals surface area contributed by atoms with Crippen LogP contribution in [0.5, 0.6) is 0 Å². The number of hydrogen-bond acceptors (Lipinski definition) is 3. The van der Waals surface area contributed by atoms with Crippen molar-refractivity contribution >= 4 is 11.6 Å². The quantitative estimate of drug-likeness (QED) is 0.873. The summed E-state index contributed by atoms with van der Waals surface area (Å²) in [6, 6.07) is 2.01. The second-order valence-corrected chi connectivity index (χ2v) is 4.97. The highest BCUT2D eigenvalue weighted by atomic mass is 19.1. The number of halogens is 2. The second kappa shape index (κ2) is 5.22. The number of aryl methyl sites for hydroxylation is 1. The molecule has 1 aromatic carbocycles. The zero-order valence-corrected chi connectivity index (χ0v) is 10.8. The van der Waals surface area contributed by atoms with Crippen LogP contribution in [0.2, 0.25) is 0 Å². The predicted octanol–water partition coefficient (Wildman–Crippen LogP) is 1.59. The maximum Gasteiger partial charge on any atom is 0.250 e. The van der Waals surface area contributed by atoms with Crippen molar-refractivity contribution in [1.82, 2.24) is 5.32 Å². The Hall–Kier alpha value is -1.53. The minimum atomic E-state index is -0.663. The van der Waals surface area contributed by atoms with Crippen molar-refractivity contribution in [2.24, 2.45) is 0 Å². The van der Waals surface area contributed by atoms with Gasteiger partial charge in [-0.15, -0.1) is 0 Å². The molecule has 1 aliphatic rings. The van der Waals surface area contributed by atoms with Gasteiger partial charge in [0.05, 0.1) is 11.3 Å². The van der Waals surface area contributed by atoms with Crippen LogP contribution in [0.4, 0.5) is 14.5 Å². The van der Waals surface area contributed by atoms with E-state index in [0.717, 1.165) is 12.1 Å². The molecule has 104 valence electrons. The molecule has 1 fully saturated rings. The third kappa shape index (κ3) is 3.27. The van der Waals surface area contributed by atoms with Gasteiger partial charge in [0.15, 0.2) is 0 Å². The van der Waals surface area contributed by atoms with E-state index in [1.165, 1.54) is 6.92 Å². The van der Waals surface area contributed by atoms with Crippen LogP contribution in [-0.2, 0) is 9.53 Å². The summed E-state index contributed by atoms with van der Waals surface area (Å²) in [6.07, 6.45) is 0. The van der Waals surface area contributed by atoms with E-state index in [0.29, 0.717) is 13.1 Å². The summed E-state index contributed by atoms with van der Waals surface area (Å²) in [5, 5.41) is 5.33. The summed E-state index contributed by atoms with van der Waals surface area (Å²) in [5.41, 5.74) is -0.331. The highest BCUT2D eigenvalue weighted by Gasteiger charge is 2.33. The zero-order chi connectivity index (χ0) is 14.0. The van der Waals surface area contributed by atoms with Crippen LogP contribution < -0.4 is 10.6 Å². The van der Waals surface area contributed by atoms with Gasteiger partial charge in [0.1, 0.15) is 18.2 Å². The number of nitrogens with one attached hydrogen (secondary N) is 2. The Labute approximate surface area is 110 Å². The summed E-state index contributed by atoms with van der Waals surface area (Å²) >= 11 is 0. The third-order valence-electron chi connectivity index (χ3n) is 3.07. The Morgan fingerprint density at radius 2 is 2.11 bits per heavy atom. The molecule has 1 aromatic rings. The lowest BCUT2D eigenvalue weighted by atomic mass is 10.0. The number of rotatable bonds is 4. The summed E-state index contributed by atoms with van der Waals surface area (Å²) in [4.78, 5) is 11.6. The molecule has 2 rings (SSSR count). The molecule has 0 atom stereocenters. The van der Waals surface area contributed by atoms with Crippen molar-refractivity contribution in [3.63, 3.8) is 0 Å². The minimum absolute atomic E-state index is 0.173. The van der Waals surface area contributed by atoms with E-state index in [4.69, 9.17) is 4.74 Å². The Kier molecular flexibility index (Phi) is 3.82.